The summed E-state index contributed by atoms with van der Waals surface area (Å²) in [6, 6.07) is 12.3. The molecule has 0 saturated carbocycles. The lowest BCUT2D eigenvalue weighted by atomic mass is 9.96. The van der Waals surface area contributed by atoms with Crippen molar-refractivity contribution in [2.45, 2.75) is 30.6 Å². The van der Waals surface area contributed by atoms with E-state index < -0.39 is 49.1 Å². The number of aromatic amines is 2. The maximum atomic E-state index is 14.2. The Hall–Kier alpha value is -5.25. The number of aromatic hydroxyl groups is 2. The number of phenolic OH excluding ortho intramolecular Hbond substituents is 2. The molecule has 5 heterocycles. The summed E-state index contributed by atoms with van der Waals surface area (Å²) in [6.07, 6.45) is -4.76. The second-order valence-corrected chi connectivity index (χ2v) is 11.2. The number of amides is 2. The van der Waals surface area contributed by atoms with Crippen LogP contribution in [-0.2, 0) is 4.74 Å². The molecule has 2 aliphatic rings. The van der Waals surface area contributed by atoms with Crippen molar-refractivity contribution < 1.29 is 45.0 Å². The van der Waals surface area contributed by atoms with Crippen molar-refractivity contribution in [3.63, 3.8) is 0 Å². The summed E-state index contributed by atoms with van der Waals surface area (Å²) < 4.78 is 7.44. The van der Waals surface area contributed by atoms with Gasteiger partial charge in [-0.15, -0.1) is 0 Å². The summed E-state index contributed by atoms with van der Waals surface area (Å²) in [7, 11) is 0. The van der Waals surface area contributed by atoms with Gasteiger partial charge in [0.05, 0.1) is 51.7 Å². The zero-order valence-corrected chi connectivity index (χ0v) is 23.1. The Labute approximate surface area is 251 Å². The van der Waals surface area contributed by atoms with E-state index in [0.29, 0.717) is 32.9 Å². The highest BCUT2D eigenvalue weighted by Crippen LogP contribution is 2.48. The topological polar surface area (TPSA) is 217 Å². The van der Waals surface area contributed by atoms with Crippen molar-refractivity contribution >= 4 is 61.6 Å². The molecule has 2 aliphatic heterocycles. The summed E-state index contributed by atoms with van der Waals surface area (Å²) in [5.74, 6) is -1.63. The largest absolute Gasteiger partial charge is 0.508 e. The van der Waals surface area contributed by atoms with Gasteiger partial charge in [0.2, 0.25) is 0 Å². The SMILES string of the molecule is O=C1c2c(c3c4ccc(O)cc4n([C@@H]4O[C@H](CO)[C@@H](O)[C@H](O)[C@H]4O)c3c3[nH]c4cc(O)ccc4c23)C(=O)N1/N=C/c1ccc[nH]1. The van der Waals surface area contributed by atoms with E-state index in [-0.39, 0.29) is 39.0 Å². The molecule has 5 atom stereocenters. The molecule has 3 aromatic heterocycles. The predicted molar refractivity (Wildman–Crippen MR) is 160 cm³/mol. The standard InChI is InChI=1S/C31H25N5O9/c37-11-19-26(40)27(41)28(42)31(45-19)35-18-9-14(39)4-6-16(18)21-23-22(29(43)36(30(23)44)33-10-12-2-1-7-32-12)20-15-5-3-13(38)8-17(15)34-24(20)25(21)35/h1-10,19,26-28,31-32,34,37-42H,11H2/b33-10+/t19-,26-,27+,28-,31-/m1/s1. The van der Waals surface area contributed by atoms with Crippen molar-refractivity contribution in [2.75, 3.05) is 6.61 Å². The van der Waals surface area contributed by atoms with Crippen molar-refractivity contribution in [3.8, 4) is 11.5 Å². The van der Waals surface area contributed by atoms with Crippen LogP contribution in [-0.4, -0.2) is 99.2 Å². The van der Waals surface area contributed by atoms with Gasteiger partial charge in [0.15, 0.2) is 6.23 Å². The molecule has 2 amide bonds. The van der Waals surface area contributed by atoms with Crippen LogP contribution >= 0.6 is 0 Å². The fourth-order valence-corrected chi connectivity index (χ4v) is 6.61. The van der Waals surface area contributed by atoms with Gasteiger partial charge >= 0.3 is 0 Å². The second kappa shape index (κ2) is 9.62. The Morgan fingerprint density at radius 2 is 1.60 bits per heavy atom. The highest BCUT2D eigenvalue weighted by Gasteiger charge is 2.47. The van der Waals surface area contributed by atoms with E-state index in [9.17, 15) is 40.2 Å². The van der Waals surface area contributed by atoms with Crippen molar-refractivity contribution in [1.82, 2.24) is 19.5 Å². The van der Waals surface area contributed by atoms with Crippen LogP contribution in [0.2, 0.25) is 0 Å². The molecule has 0 aliphatic carbocycles. The number of hydrogen-bond acceptors (Lipinski definition) is 10. The van der Waals surface area contributed by atoms with Crippen molar-refractivity contribution in [3.05, 3.63) is 71.5 Å². The van der Waals surface area contributed by atoms with Crippen LogP contribution in [0.5, 0.6) is 11.5 Å². The summed E-state index contributed by atoms with van der Waals surface area (Å²) in [5, 5.41) is 69.7. The van der Waals surface area contributed by atoms with Gasteiger partial charge in [0.1, 0.15) is 35.9 Å². The molecule has 0 unspecified atom stereocenters. The Morgan fingerprint density at radius 3 is 2.31 bits per heavy atom. The van der Waals surface area contributed by atoms with Crippen LogP contribution in [0.4, 0.5) is 0 Å². The van der Waals surface area contributed by atoms with E-state index >= 15 is 0 Å². The third-order valence-corrected chi connectivity index (χ3v) is 8.63. The summed E-state index contributed by atoms with van der Waals surface area (Å²) >= 11 is 0. The number of hydrazone groups is 1. The number of fused-ring (bicyclic) bond motifs is 10. The van der Waals surface area contributed by atoms with Crippen LogP contribution < -0.4 is 0 Å². The maximum absolute atomic E-state index is 14.2. The summed E-state index contributed by atoms with van der Waals surface area (Å²) in [6.45, 7) is -0.679. The summed E-state index contributed by atoms with van der Waals surface area (Å²) in [4.78, 5) is 34.4. The third kappa shape index (κ3) is 3.71. The molecule has 3 aromatic carbocycles. The first-order valence-corrected chi connectivity index (χ1v) is 14.0. The van der Waals surface area contributed by atoms with E-state index in [4.69, 9.17) is 4.74 Å². The van der Waals surface area contributed by atoms with Crippen LogP contribution in [0.25, 0.3) is 43.6 Å². The lowest BCUT2D eigenvalue weighted by Crippen LogP contribution is -2.56. The molecule has 8 N–H and O–H groups in total. The molecule has 1 saturated heterocycles. The molecule has 8 rings (SSSR count). The number of ether oxygens (including phenoxy) is 1. The first-order valence-electron chi connectivity index (χ1n) is 14.0. The quantitative estimate of drug-likeness (QED) is 0.107. The number of aliphatic hydroxyl groups excluding tert-OH is 4. The molecule has 0 spiro atoms. The van der Waals surface area contributed by atoms with Gasteiger partial charge in [-0.1, -0.05) is 0 Å². The highest BCUT2D eigenvalue weighted by atomic mass is 16.6. The van der Waals surface area contributed by atoms with Gasteiger partial charge in [0, 0.05) is 39.9 Å². The number of imide groups is 1. The fraction of sp³-hybridized carbons (Fsp3) is 0.194. The molecule has 228 valence electrons. The van der Waals surface area contributed by atoms with Crippen LogP contribution in [0.1, 0.15) is 32.6 Å². The van der Waals surface area contributed by atoms with E-state index in [2.05, 4.69) is 15.1 Å². The zero-order chi connectivity index (χ0) is 31.3. The Balaban J connectivity index is 1.52. The first kappa shape index (κ1) is 27.3. The monoisotopic (exact) mass is 611 g/mol. The van der Waals surface area contributed by atoms with E-state index in [1.165, 1.54) is 35.0 Å². The maximum Gasteiger partial charge on any atom is 0.283 e. The molecule has 45 heavy (non-hydrogen) atoms. The second-order valence-electron chi connectivity index (χ2n) is 11.2. The number of phenols is 2. The Morgan fingerprint density at radius 1 is 0.889 bits per heavy atom. The van der Waals surface area contributed by atoms with Crippen LogP contribution in [0, 0.1) is 0 Å². The Bertz CT molecular complexity index is 2230. The summed E-state index contributed by atoms with van der Waals surface area (Å²) in [5.41, 5.74) is 1.91. The molecule has 6 aromatic rings. The molecule has 14 heteroatoms. The number of aromatic nitrogens is 3. The molecular formula is C31H25N5O9. The highest BCUT2D eigenvalue weighted by molar-refractivity contribution is 6.39. The molecule has 1 fully saturated rings. The molecular weight excluding hydrogens is 586 g/mol. The van der Waals surface area contributed by atoms with Gasteiger partial charge < -0.3 is 49.9 Å². The van der Waals surface area contributed by atoms with Gasteiger partial charge in [-0.3, -0.25) is 9.59 Å². The number of benzene rings is 3. The van der Waals surface area contributed by atoms with Gasteiger partial charge in [-0.2, -0.15) is 10.1 Å². The third-order valence-electron chi connectivity index (χ3n) is 8.63. The number of hydrogen-bond donors (Lipinski definition) is 8. The molecule has 14 nitrogen and oxygen atoms in total. The lowest BCUT2D eigenvalue weighted by Gasteiger charge is -2.41. The number of rotatable bonds is 4. The van der Waals surface area contributed by atoms with Gasteiger partial charge in [0.25, 0.3) is 11.8 Å². The minimum Gasteiger partial charge on any atom is -0.508 e. The lowest BCUT2D eigenvalue weighted by molar-refractivity contribution is -0.249. The van der Waals surface area contributed by atoms with Crippen LogP contribution in [0.3, 0.4) is 0 Å². The minimum atomic E-state index is -1.73. The van der Waals surface area contributed by atoms with E-state index in [1.54, 1.807) is 30.5 Å². The van der Waals surface area contributed by atoms with Crippen molar-refractivity contribution in [2.24, 2.45) is 5.10 Å². The number of H-pyrrole nitrogens is 2. The molecule has 0 radical (unpaired) electrons. The number of aliphatic hydroxyl groups is 4. The van der Waals surface area contributed by atoms with E-state index in [1.807, 2.05) is 0 Å². The number of nitrogens with one attached hydrogen (secondary N) is 2. The first-order chi connectivity index (χ1) is 21.7. The number of nitrogens with zero attached hydrogens (tertiary/aromatic N) is 3. The molecule has 0 bridgehead atoms. The number of carbonyl (C=O) groups excluding carboxylic acids is 2. The smallest absolute Gasteiger partial charge is 0.283 e. The average Bonchev–Trinajstić information content (AvgIpc) is 3.79. The minimum absolute atomic E-state index is 0.0131. The van der Waals surface area contributed by atoms with Gasteiger partial charge in [-0.25, -0.2) is 0 Å². The normalized spacial score (nSPS) is 23.9. The van der Waals surface area contributed by atoms with Gasteiger partial charge in [-0.05, 0) is 36.4 Å². The predicted octanol–water partition coefficient (Wildman–Crippen LogP) is 1.77. The average molecular weight is 612 g/mol. The van der Waals surface area contributed by atoms with Crippen LogP contribution in [0.15, 0.2) is 59.8 Å². The van der Waals surface area contributed by atoms with Crippen molar-refractivity contribution in [1.29, 1.82) is 0 Å². The Kier molecular flexibility index (Phi) is 5.84. The fourth-order valence-electron chi connectivity index (χ4n) is 6.61. The zero-order valence-electron chi connectivity index (χ0n) is 23.1. The van der Waals surface area contributed by atoms with E-state index in [0.717, 1.165) is 5.01 Å². The number of carbonyl (C=O) groups is 2.